The van der Waals surface area contributed by atoms with Crippen molar-refractivity contribution in [3.63, 3.8) is 0 Å². The molecule has 0 spiro atoms. The molecule has 1 aliphatic rings. The van der Waals surface area contributed by atoms with Gasteiger partial charge in [-0.3, -0.25) is 4.79 Å². The van der Waals surface area contributed by atoms with E-state index < -0.39 is 0 Å². The molecule has 8 nitrogen and oxygen atoms in total. The Bertz CT molecular complexity index is 1120. The molecule has 0 atom stereocenters. The Labute approximate surface area is 165 Å². The van der Waals surface area contributed by atoms with Crippen LogP contribution < -0.4 is 4.90 Å². The van der Waals surface area contributed by atoms with Gasteiger partial charge in [-0.05, 0) is 40.8 Å². The van der Waals surface area contributed by atoms with Crippen LogP contribution in [-0.4, -0.2) is 62.2 Å². The summed E-state index contributed by atoms with van der Waals surface area (Å²) < 4.78 is 2.77. The number of piperazine rings is 1. The molecule has 0 N–H and O–H groups in total. The predicted molar refractivity (Wildman–Crippen MR) is 107 cm³/mol. The largest absolute Gasteiger partial charge is 0.336 e. The minimum absolute atomic E-state index is 0.0533. The van der Waals surface area contributed by atoms with E-state index in [0.717, 1.165) is 15.9 Å². The maximum atomic E-state index is 12.9. The van der Waals surface area contributed by atoms with Crippen molar-refractivity contribution in [1.82, 2.24) is 30.1 Å². The fourth-order valence-corrected chi connectivity index (χ4v) is 4.11. The summed E-state index contributed by atoms with van der Waals surface area (Å²) in [6.07, 6.45) is 0. The molecule has 0 radical (unpaired) electrons. The van der Waals surface area contributed by atoms with Gasteiger partial charge in [-0.2, -0.15) is 4.68 Å². The summed E-state index contributed by atoms with van der Waals surface area (Å²) in [5.74, 6) is 0.752. The number of aromatic nitrogens is 5. The van der Waals surface area contributed by atoms with Crippen molar-refractivity contribution < 1.29 is 4.79 Å². The van der Waals surface area contributed by atoms with Gasteiger partial charge in [0.1, 0.15) is 0 Å². The normalized spacial score (nSPS) is 14.6. The van der Waals surface area contributed by atoms with E-state index >= 15 is 0 Å². The predicted octanol–water partition coefficient (Wildman–Crippen LogP) is 2.23. The first kappa shape index (κ1) is 16.8. The Balaban J connectivity index is 1.30. The molecule has 1 aliphatic heterocycles. The zero-order chi connectivity index (χ0) is 18.9. The van der Waals surface area contributed by atoms with Crippen molar-refractivity contribution in [2.45, 2.75) is 0 Å². The summed E-state index contributed by atoms with van der Waals surface area (Å²) in [5.41, 5.74) is 4.35. The Hall–Kier alpha value is -3.33. The molecule has 28 heavy (non-hydrogen) atoms. The molecule has 9 heteroatoms. The lowest BCUT2D eigenvalue weighted by atomic mass is 10.1. The summed E-state index contributed by atoms with van der Waals surface area (Å²) in [5, 5.41) is 12.1. The third-order valence-corrected chi connectivity index (χ3v) is 5.67. The number of anilines is 1. The minimum Gasteiger partial charge on any atom is -0.336 e. The highest BCUT2D eigenvalue weighted by Gasteiger charge is 2.25. The van der Waals surface area contributed by atoms with Crippen LogP contribution in [0.2, 0.25) is 0 Å². The number of nitrogens with zero attached hydrogens (tertiary/aromatic N) is 7. The molecule has 4 aromatic rings. The van der Waals surface area contributed by atoms with E-state index in [4.69, 9.17) is 0 Å². The van der Waals surface area contributed by atoms with E-state index in [2.05, 4.69) is 25.4 Å². The van der Waals surface area contributed by atoms with Crippen LogP contribution in [0.25, 0.3) is 15.9 Å². The van der Waals surface area contributed by atoms with Gasteiger partial charge in [0.25, 0.3) is 5.91 Å². The van der Waals surface area contributed by atoms with E-state index in [-0.39, 0.29) is 5.91 Å². The van der Waals surface area contributed by atoms with Gasteiger partial charge in [0.2, 0.25) is 5.95 Å². The van der Waals surface area contributed by atoms with Crippen molar-refractivity contribution in [2.75, 3.05) is 31.1 Å². The number of benzene rings is 2. The Morgan fingerprint density at radius 2 is 1.82 bits per heavy atom. The summed E-state index contributed by atoms with van der Waals surface area (Å²) in [7, 11) is 0. The highest BCUT2D eigenvalue weighted by molar-refractivity contribution is 7.16. The van der Waals surface area contributed by atoms with Crippen molar-refractivity contribution in [1.29, 1.82) is 0 Å². The zero-order valence-electron chi connectivity index (χ0n) is 15.0. The molecular weight excluding hydrogens is 374 g/mol. The standard InChI is InChI=1S/C19H17N7OS/c27-18(14-6-7-16-17(12-14)28-13-20-16)24-8-10-25(11-9-24)19-21-22-23-26(19)15-4-2-1-3-5-15/h1-7,12-13H,8-11H2. The molecule has 1 saturated heterocycles. The lowest BCUT2D eigenvalue weighted by molar-refractivity contribution is 0.0746. The van der Waals surface area contributed by atoms with Crippen molar-refractivity contribution in [3.05, 3.63) is 59.6 Å². The second kappa shape index (κ2) is 7.01. The van der Waals surface area contributed by atoms with Gasteiger partial charge in [0, 0.05) is 31.7 Å². The number of hydrogen-bond acceptors (Lipinski definition) is 7. The van der Waals surface area contributed by atoms with Crippen LogP contribution in [0.5, 0.6) is 0 Å². The lowest BCUT2D eigenvalue weighted by Crippen LogP contribution is -2.49. The van der Waals surface area contributed by atoms with Crippen molar-refractivity contribution >= 4 is 33.4 Å². The third kappa shape index (κ3) is 2.99. The van der Waals surface area contributed by atoms with Gasteiger partial charge in [-0.1, -0.05) is 23.3 Å². The molecule has 5 rings (SSSR count). The van der Waals surface area contributed by atoms with E-state index in [1.807, 2.05) is 53.4 Å². The van der Waals surface area contributed by atoms with Crippen molar-refractivity contribution in [3.8, 4) is 5.69 Å². The molecule has 0 bridgehead atoms. The molecule has 1 fully saturated rings. The summed E-state index contributed by atoms with van der Waals surface area (Å²) in [6.45, 7) is 2.62. The average molecular weight is 391 g/mol. The van der Waals surface area contributed by atoms with Gasteiger partial charge in [0.15, 0.2) is 0 Å². The van der Waals surface area contributed by atoms with Crippen LogP contribution in [0.3, 0.4) is 0 Å². The number of hydrogen-bond donors (Lipinski definition) is 0. The number of tetrazole rings is 1. The average Bonchev–Trinajstić information content (AvgIpc) is 3.43. The van der Waals surface area contributed by atoms with E-state index in [9.17, 15) is 4.79 Å². The topological polar surface area (TPSA) is 80.0 Å². The number of carbonyl (C=O) groups excluding carboxylic acids is 1. The van der Waals surface area contributed by atoms with Crippen LogP contribution in [0.4, 0.5) is 5.95 Å². The van der Waals surface area contributed by atoms with E-state index in [0.29, 0.717) is 37.7 Å². The Morgan fingerprint density at radius 3 is 2.64 bits per heavy atom. The molecule has 0 saturated carbocycles. The smallest absolute Gasteiger partial charge is 0.254 e. The van der Waals surface area contributed by atoms with Crippen LogP contribution in [-0.2, 0) is 0 Å². The van der Waals surface area contributed by atoms with Crippen LogP contribution in [0, 0.1) is 0 Å². The quantitative estimate of drug-likeness (QED) is 0.533. The van der Waals surface area contributed by atoms with Gasteiger partial charge >= 0.3 is 0 Å². The first-order valence-electron chi connectivity index (χ1n) is 9.01. The summed E-state index contributed by atoms with van der Waals surface area (Å²) in [6, 6.07) is 15.5. The molecule has 0 aliphatic carbocycles. The monoisotopic (exact) mass is 391 g/mol. The van der Waals surface area contributed by atoms with Gasteiger partial charge in [-0.15, -0.1) is 11.3 Å². The molecule has 2 aromatic heterocycles. The summed E-state index contributed by atoms with van der Waals surface area (Å²) in [4.78, 5) is 21.2. The number of fused-ring (bicyclic) bond motifs is 1. The number of thiazole rings is 1. The van der Waals surface area contributed by atoms with E-state index in [1.165, 1.54) is 0 Å². The molecular formula is C19H17N7OS. The van der Waals surface area contributed by atoms with Gasteiger partial charge in [0.05, 0.1) is 21.4 Å². The number of amides is 1. The molecule has 0 unspecified atom stereocenters. The SMILES string of the molecule is O=C(c1ccc2ncsc2c1)N1CCN(c2nnnn2-c2ccccc2)CC1. The molecule has 1 amide bonds. The minimum atomic E-state index is 0.0533. The Kier molecular flexibility index (Phi) is 4.21. The van der Waals surface area contributed by atoms with Crippen LogP contribution in [0.1, 0.15) is 10.4 Å². The highest BCUT2D eigenvalue weighted by Crippen LogP contribution is 2.21. The first-order valence-corrected chi connectivity index (χ1v) is 9.89. The number of carbonyl (C=O) groups is 1. The van der Waals surface area contributed by atoms with Gasteiger partial charge in [-0.25, -0.2) is 4.98 Å². The second-order valence-electron chi connectivity index (χ2n) is 6.54. The van der Waals surface area contributed by atoms with E-state index in [1.54, 1.807) is 21.5 Å². The maximum absolute atomic E-state index is 12.9. The number of para-hydroxylation sites is 1. The fourth-order valence-electron chi connectivity index (χ4n) is 3.40. The first-order chi connectivity index (χ1) is 13.8. The maximum Gasteiger partial charge on any atom is 0.254 e. The van der Waals surface area contributed by atoms with Crippen molar-refractivity contribution in [2.24, 2.45) is 0 Å². The molecule has 2 aromatic carbocycles. The number of rotatable bonds is 3. The van der Waals surface area contributed by atoms with Gasteiger partial charge < -0.3 is 9.80 Å². The highest BCUT2D eigenvalue weighted by atomic mass is 32.1. The summed E-state index contributed by atoms with van der Waals surface area (Å²) >= 11 is 1.55. The Morgan fingerprint density at radius 1 is 1.00 bits per heavy atom. The third-order valence-electron chi connectivity index (χ3n) is 4.88. The molecule has 3 heterocycles. The lowest BCUT2D eigenvalue weighted by Gasteiger charge is -2.34. The van der Waals surface area contributed by atoms with Crippen LogP contribution >= 0.6 is 11.3 Å². The fraction of sp³-hybridized carbons (Fsp3) is 0.211. The zero-order valence-corrected chi connectivity index (χ0v) is 15.8. The van der Waals surface area contributed by atoms with Crippen LogP contribution in [0.15, 0.2) is 54.0 Å². The molecule has 140 valence electrons. The second-order valence-corrected chi connectivity index (χ2v) is 7.43.